The van der Waals surface area contributed by atoms with Gasteiger partial charge in [0.1, 0.15) is 8.24 Å². The first-order valence-corrected chi connectivity index (χ1v) is 8.03. The molecule has 0 radical (unpaired) electrons. The highest BCUT2D eigenvalue weighted by Gasteiger charge is 2.48. The Kier molecular flexibility index (Phi) is 2.91. The Morgan fingerprint density at radius 1 is 1.38 bits per heavy atom. The third kappa shape index (κ3) is 1.83. The number of nitrogens with zero attached hydrogens (tertiary/aromatic N) is 1. The van der Waals surface area contributed by atoms with Gasteiger partial charge in [-0.3, -0.25) is 0 Å². The zero-order chi connectivity index (χ0) is 10.3. The van der Waals surface area contributed by atoms with Crippen molar-refractivity contribution in [3.63, 3.8) is 0 Å². The van der Waals surface area contributed by atoms with Gasteiger partial charge in [-0.2, -0.15) is 0 Å². The Balaban J connectivity index is 2.88. The number of hydrogen-bond donors (Lipinski definition) is 1. The van der Waals surface area contributed by atoms with Crippen LogP contribution >= 0.6 is 0 Å². The molecule has 0 aliphatic carbocycles. The predicted molar refractivity (Wildman–Crippen MR) is 61.4 cm³/mol. The van der Waals surface area contributed by atoms with Crippen LogP contribution in [0.25, 0.3) is 0 Å². The lowest BCUT2D eigenvalue weighted by Crippen LogP contribution is -2.61. The summed E-state index contributed by atoms with van der Waals surface area (Å²) in [7, 11) is 2.88. The number of rotatable bonds is 1. The quantitative estimate of drug-likeness (QED) is 0.656. The van der Waals surface area contributed by atoms with Crippen LogP contribution in [0.5, 0.6) is 0 Å². The van der Waals surface area contributed by atoms with E-state index < -0.39 is 8.24 Å². The average Bonchev–Trinajstić information content (AvgIpc) is 1.94. The fraction of sp³-hybridized carbons (Fsp3) is 1.00. The average molecular weight is 200 g/mol. The van der Waals surface area contributed by atoms with E-state index in [0.717, 1.165) is 0 Å². The molecule has 0 spiro atoms. The lowest BCUT2D eigenvalue weighted by molar-refractivity contribution is 0.209. The van der Waals surface area contributed by atoms with Crippen LogP contribution in [0.2, 0.25) is 17.6 Å². The molecule has 1 fully saturated rings. The van der Waals surface area contributed by atoms with E-state index in [1.165, 1.54) is 18.9 Å². The lowest BCUT2D eigenvalue weighted by atomic mass is 9.96. The van der Waals surface area contributed by atoms with E-state index >= 15 is 0 Å². The molecule has 2 unspecified atom stereocenters. The molecule has 1 saturated heterocycles. The van der Waals surface area contributed by atoms with Gasteiger partial charge in [0.25, 0.3) is 0 Å². The third-order valence-corrected chi connectivity index (χ3v) is 8.77. The van der Waals surface area contributed by atoms with E-state index in [2.05, 4.69) is 39.4 Å². The van der Waals surface area contributed by atoms with Crippen LogP contribution in [0.4, 0.5) is 0 Å². The van der Waals surface area contributed by atoms with Gasteiger partial charge in [-0.05, 0) is 31.6 Å². The molecule has 1 aliphatic rings. The summed E-state index contributed by atoms with van der Waals surface area (Å²) < 4.78 is 0. The van der Waals surface area contributed by atoms with Gasteiger partial charge < -0.3 is 10.3 Å². The fourth-order valence-corrected chi connectivity index (χ4v) is 5.38. The van der Waals surface area contributed by atoms with Gasteiger partial charge in [0.2, 0.25) is 0 Å². The van der Waals surface area contributed by atoms with Gasteiger partial charge in [0.05, 0.1) is 0 Å². The molecule has 0 aromatic rings. The second-order valence-electron chi connectivity index (χ2n) is 5.51. The van der Waals surface area contributed by atoms with Crippen molar-refractivity contribution in [1.29, 1.82) is 0 Å². The summed E-state index contributed by atoms with van der Waals surface area (Å²) in [4.78, 5) is 2.36. The van der Waals surface area contributed by atoms with Gasteiger partial charge in [-0.15, -0.1) is 0 Å². The summed E-state index contributed by atoms with van der Waals surface area (Å²) in [5.74, 6) is 0. The van der Waals surface area contributed by atoms with Gasteiger partial charge in [0.15, 0.2) is 0 Å². The maximum atomic E-state index is 6.50. The third-order valence-electron chi connectivity index (χ3n) is 4.10. The number of hydrogen-bond acceptors (Lipinski definition) is 2. The van der Waals surface area contributed by atoms with Crippen molar-refractivity contribution in [1.82, 2.24) is 4.90 Å². The molecule has 1 heterocycles. The molecule has 13 heavy (non-hydrogen) atoms. The van der Waals surface area contributed by atoms with E-state index in [1.807, 2.05) is 0 Å². The van der Waals surface area contributed by atoms with Crippen LogP contribution < -0.4 is 5.40 Å². The predicted octanol–water partition coefficient (Wildman–Crippen LogP) is 2.02. The molecule has 0 amide bonds. The Morgan fingerprint density at radius 3 is 2.31 bits per heavy atom. The van der Waals surface area contributed by atoms with Gasteiger partial charge >= 0.3 is 0 Å². The first-order valence-electron chi connectivity index (χ1n) is 5.24. The molecule has 2 nitrogen and oxygen atoms in total. The minimum absolute atomic E-state index is 0.356. The molecule has 2 N–H and O–H groups in total. The SMILES string of the molecule is CN(C)C1CCC[Si](C)(N)C1(C)C. The normalized spacial score (nSPS) is 39.5. The molecular formula is C10H24N2Si. The van der Waals surface area contributed by atoms with Crippen LogP contribution in [0.3, 0.4) is 0 Å². The molecule has 0 saturated carbocycles. The summed E-state index contributed by atoms with van der Waals surface area (Å²) in [5, 5.41) is 6.85. The summed E-state index contributed by atoms with van der Waals surface area (Å²) in [6.07, 6.45) is 2.64. The van der Waals surface area contributed by atoms with Crippen molar-refractivity contribution in [2.24, 2.45) is 5.40 Å². The van der Waals surface area contributed by atoms with E-state index in [0.29, 0.717) is 11.1 Å². The van der Waals surface area contributed by atoms with Gasteiger partial charge in [-0.25, -0.2) is 0 Å². The maximum Gasteiger partial charge on any atom is 0.127 e. The van der Waals surface area contributed by atoms with E-state index in [-0.39, 0.29) is 0 Å². The van der Waals surface area contributed by atoms with Crippen molar-refractivity contribution in [3.05, 3.63) is 0 Å². The van der Waals surface area contributed by atoms with Crippen LogP contribution in [-0.2, 0) is 0 Å². The molecular weight excluding hydrogens is 176 g/mol. The van der Waals surface area contributed by atoms with E-state index in [9.17, 15) is 0 Å². The van der Waals surface area contributed by atoms with Crippen LogP contribution in [0, 0.1) is 0 Å². The van der Waals surface area contributed by atoms with Crippen LogP contribution in [0.1, 0.15) is 26.7 Å². The zero-order valence-corrected chi connectivity index (χ0v) is 10.7. The van der Waals surface area contributed by atoms with Crippen molar-refractivity contribution in [3.8, 4) is 0 Å². The summed E-state index contributed by atoms with van der Waals surface area (Å²) in [6, 6.07) is 1.98. The highest BCUT2D eigenvalue weighted by molar-refractivity contribution is 6.78. The highest BCUT2D eigenvalue weighted by atomic mass is 28.3. The van der Waals surface area contributed by atoms with Crippen molar-refractivity contribution in [2.45, 2.75) is 50.4 Å². The Hall–Kier alpha value is 0.137. The zero-order valence-electron chi connectivity index (χ0n) is 9.72. The molecule has 3 heteroatoms. The Bertz CT molecular complexity index is 187. The first-order chi connectivity index (χ1) is 5.79. The van der Waals surface area contributed by atoms with Crippen molar-refractivity contribution < 1.29 is 0 Å². The molecule has 1 aliphatic heterocycles. The van der Waals surface area contributed by atoms with Crippen molar-refractivity contribution in [2.75, 3.05) is 14.1 Å². The molecule has 0 bridgehead atoms. The topological polar surface area (TPSA) is 29.3 Å². The summed E-state index contributed by atoms with van der Waals surface area (Å²) in [6.45, 7) is 7.06. The fourth-order valence-electron chi connectivity index (χ4n) is 2.63. The van der Waals surface area contributed by atoms with Crippen LogP contribution in [-0.4, -0.2) is 33.3 Å². The largest absolute Gasteiger partial charge is 0.350 e. The Morgan fingerprint density at radius 2 is 1.92 bits per heavy atom. The smallest absolute Gasteiger partial charge is 0.127 e. The molecule has 78 valence electrons. The molecule has 0 aromatic heterocycles. The molecule has 1 rings (SSSR count). The summed E-state index contributed by atoms with van der Waals surface area (Å²) in [5.41, 5.74) is 0. The molecule has 0 aromatic carbocycles. The first kappa shape index (κ1) is 11.2. The highest BCUT2D eigenvalue weighted by Crippen LogP contribution is 2.47. The van der Waals surface area contributed by atoms with E-state index in [4.69, 9.17) is 5.40 Å². The minimum atomic E-state index is -1.49. The van der Waals surface area contributed by atoms with Crippen LogP contribution in [0.15, 0.2) is 0 Å². The number of nitrogens with two attached hydrogens (primary N) is 1. The van der Waals surface area contributed by atoms with E-state index in [1.54, 1.807) is 0 Å². The minimum Gasteiger partial charge on any atom is -0.350 e. The summed E-state index contributed by atoms with van der Waals surface area (Å²) >= 11 is 0. The second-order valence-corrected chi connectivity index (χ2v) is 10.1. The molecule has 2 atom stereocenters. The van der Waals surface area contributed by atoms with Gasteiger partial charge in [0, 0.05) is 6.04 Å². The lowest BCUT2D eigenvalue weighted by Gasteiger charge is -2.51. The maximum absolute atomic E-state index is 6.50. The Labute approximate surface area is 83.6 Å². The monoisotopic (exact) mass is 200 g/mol. The standard InChI is InChI=1S/C10H24N2Si/c1-10(2)9(12(3)4)7-6-8-13(10,5)11/h9H,6-8,11H2,1-5H3. The van der Waals surface area contributed by atoms with Crippen molar-refractivity contribution >= 4 is 8.24 Å². The second kappa shape index (κ2) is 3.37. The van der Waals surface area contributed by atoms with Gasteiger partial charge in [-0.1, -0.05) is 26.8 Å².